The van der Waals surface area contributed by atoms with Gasteiger partial charge >= 0.3 is 0 Å². The van der Waals surface area contributed by atoms with Gasteiger partial charge in [-0.25, -0.2) is 0 Å². The number of rotatable bonds is 10. The molecule has 7 heteroatoms. The van der Waals surface area contributed by atoms with Gasteiger partial charge in [0.1, 0.15) is 11.3 Å². The summed E-state index contributed by atoms with van der Waals surface area (Å²) >= 11 is 0. The summed E-state index contributed by atoms with van der Waals surface area (Å²) in [5, 5.41) is 0.431. The lowest BCUT2D eigenvalue weighted by Crippen LogP contribution is -2.29. The minimum Gasteiger partial charge on any atom is -0.494 e. The van der Waals surface area contributed by atoms with Crippen molar-refractivity contribution in [1.82, 2.24) is 0 Å². The van der Waals surface area contributed by atoms with E-state index in [1.807, 2.05) is 49.4 Å². The highest BCUT2D eigenvalue weighted by atomic mass is 16.5. The molecule has 0 radical (unpaired) electrons. The van der Waals surface area contributed by atoms with Gasteiger partial charge in [0, 0.05) is 5.69 Å². The molecule has 1 unspecified atom stereocenters. The van der Waals surface area contributed by atoms with Crippen LogP contribution in [0.4, 0.5) is 5.69 Å². The first-order valence-corrected chi connectivity index (χ1v) is 13.0. The number of hydrogen-bond donors (Lipinski definition) is 0. The van der Waals surface area contributed by atoms with Crippen molar-refractivity contribution in [2.75, 3.05) is 25.2 Å². The van der Waals surface area contributed by atoms with E-state index in [1.54, 1.807) is 36.3 Å². The molecule has 5 rings (SSSR count). The fourth-order valence-corrected chi connectivity index (χ4v) is 4.88. The molecule has 4 aromatic rings. The largest absolute Gasteiger partial charge is 0.494 e. The second-order valence-corrected chi connectivity index (χ2v) is 9.14. The summed E-state index contributed by atoms with van der Waals surface area (Å²) in [6.45, 7) is 5.18. The van der Waals surface area contributed by atoms with Crippen molar-refractivity contribution in [3.05, 3.63) is 93.8 Å². The lowest BCUT2D eigenvalue weighted by Gasteiger charge is -2.26. The number of methoxy groups -OCH3 is 1. The third-order valence-corrected chi connectivity index (χ3v) is 6.71. The van der Waals surface area contributed by atoms with Gasteiger partial charge in [-0.2, -0.15) is 0 Å². The Bertz CT molecular complexity index is 1510. The smallest absolute Gasteiger partial charge is 0.295 e. The molecular formula is C31H31NO6. The monoisotopic (exact) mass is 513 g/mol. The van der Waals surface area contributed by atoms with Gasteiger partial charge in [-0.3, -0.25) is 14.5 Å². The predicted molar refractivity (Wildman–Crippen MR) is 147 cm³/mol. The molecule has 38 heavy (non-hydrogen) atoms. The molecule has 0 bridgehead atoms. The zero-order valence-electron chi connectivity index (χ0n) is 21.9. The molecule has 0 N–H and O–H groups in total. The maximum atomic E-state index is 13.8. The summed E-state index contributed by atoms with van der Waals surface area (Å²) in [7, 11) is 1.58. The normalized spacial score (nSPS) is 14.6. The molecule has 1 aromatic heterocycles. The molecular weight excluding hydrogens is 482 g/mol. The van der Waals surface area contributed by atoms with Gasteiger partial charge in [-0.05, 0) is 67.4 Å². The van der Waals surface area contributed by atoms with Crippen LogP contribution in [0.5, 0.6) is 17.2 Å². The number of anilines is 1. The lowest BCUT2D eigenvalue weighted by molar-refractivity contribution is 0.0971. The number of ether oxygens (including phenoxy) is 3. The van der Waals surface area contributed by atoms with Crippen molar-refractivity contribution in [2.24, 2.45) is 0 Å². The molecule has 0 fully saturated rings. The molecule has 1 amide bonds. The van der Waals surface area contributed by atoms with E-state index in [0.717, 1.165) is 19.3 Å². The lowest BCUT2D eigenvalue weighted by atomic mass is 9.97. The predicted octanol–water partition coefficient (Wildman–Crippen LogP) is 6.52. The quantitative estimate of drug-likeness (QED) is 0.225. The fourth-order valence-electron chi connectivity index (χ4n) is 4.88. The molecule has 2 heterocycles. The van der Waals surface area contributed by atoms with Crippen molar-refractivity contribution in [2.45, 2.75) is 39.2 Å². The number of carbonyl (C=O) groups excluding carboxylic acids is 1. The number of fused-ring (bicyclic) bond motifs is 2. The first-order valence-electron chi connectivity index (χ1n) is 13.0. The minimum absolute atomic E-state index is 0.0476. The van der Waals surface area contributed by atoms with Gasteiger partial charge in [0.05, 0.1) is 37.3 Å². The van der Waals surface area contributed by atoms with Crippen LogP contribution in [0.1, 0.15) is 60.8 Å². The van der Waals surface area contributed by atoms with E-state index < -0.39 is 6.04 Å². The van der Waals surface area contributed by atoms with Crippen LogP contribution in [0.2, 0.25) is 0 Å². The van der Waals surface area contributed by atoms with Crippen LogP contribution in [0.3, 0.4) is 0 Å². The molecule has 1 aliphatic heterocycles. The number of carbonyl (C=O) groups is 1. The summed E-state index contributed by atoms with van der Waals surface area (Å²) in [5.74, 6) is 1.53. The Kier molecular flexibility index (Phi) is 7.36. The van der Waals surface area contributed by atoms with Crippen molar-refractivity contribution in [3.63, 3.8) is 0 Å². The zero-order valence-corrected chi connectivity index (χ0v) is 21.9. The topological polar surface area (TPSA) is 78.2 Å². The number of unbranched alkanes of at least 4 members (excludes halogenated alkanes) is 2. The average molecular weight is 514 g/mol. The molecule has 1 atom stereocenters. The zero-order chi connectivity index (χ0) is 26.6. The second kappa shape index (κ2) is 11.0. The van der Waals surface area contributed by atoms with E-state index in [9.17, 15) is 9.59 Å². The Morgan fingerprint density at radius 2 is 1.68 bits per heavy atom. The van der Waals surface area contributed by atoms with Gasteiger partial charge in [0.15, 0.2) is 16.9 Å². The Labute approximate surface area is 221 Å². The number of para-hydroxylation sites is 1. The molecule has 1 aliphatic rings. The third-order valence-electron chi connectivity index (χ3n) is 6.71. The van der Waals surface area contributed by atoms with E-state index in [1.165, 1.54) is 0 Å². The maximum Gasteiger partial charge on any atom is 0.295 e. The number of nitrogens with zero attached hydrogens (tertiary/aromatic N) is 1. The van der Waals surface area contributed by atoms with Gasteiger partial charge in [-0.1, -0.05) is 38.0 Å². The van der Waals surface area contributed by atoms with Gasteiger partial charge in [0.2, 0.25) is 5.76 Å². The van der Waals surface area contributed by atoms with Crippen molar-refractivity contribution in [1.29, 1.82) is 0 Å². The highest BCUT2D eigenvalue weighted by Crippen LogP contribution is 2.43. The van der Waals surface area contributed by atoms with Crippen molar-refractivity contribution >= 4 is 22.6 Å². The van der Waals surface area contributed by atoms with E-state index in [0.29, 0.717) is 58.2 Å². The third kappa shape index (κ3) is 4.60. The van der Waals surface area contributed by atoms with E-state index in [4.69, 9.17) is 18.6 Å². The van der Waals surface area contributed by atoms with Gasteiger partial charge in [0.25, 0.3) is 5.91 Å². The molecule has 0 saturated carbocycles. The summed E-state index contributed by atoms with van der Waals surface area (Å²) in [6, 6.07) is 19.1. The van der Waals surface area contributed by atoms with E-state index in [-0.39, 0.29) is 17.1 Å². The van der Waals surface area contributed by atoms with E-state index >= 15 is 0 Å². The van der Waals surface area contributed by atoms with Gasteiger partial charge in [-0.15, -0.1) is 0 Å². The van der Waals surface area contributed by atoms with Crippen LogP contribution in [0, 0.1) is 0 Å². The van der Waals surface area contributed by atoms with Crippen LogP contribution in [-0.2, 0) is 0 Å². The van der Waals surface area contributed by atoms with Crippen molar-refractivity contribution in [3.8, 4) is 17.2 Å². The summed E-state index contributed by atoms with van der Waals surface area (Å²) in [4.78, 5) is 29.2. The maximum absolute atomic E-state index is 13.8. The molecule has 0 saturated heterocycles. The summed E-state index contributed by atoms with van der Waals surface area (Å²) < 4.78 is 23.3. The molecule has 196 valence electrons. The number of amides is 1. The van der Waals surface area contributed by atoms with Crippen molar-refractivity contribution < 1.29 is 23.4 Å². The van der Waals surface area contributed by atoms with Crippen LogP contribution in [0.15, 0.2) is 75.9 Å². The first-order chi connectivity index (χ1) is 18.6. The van der Waals surface area contributed by atoms with Gasteiger partial charge < -0.3 is 18.6 Å². The first kappa shape index (κ1) is 25.4. The Morgan fingerprint density at radius 1 is 0.895 bits per heavy atom. The van der Waals surface area contributed by atoms with Crippen LogP contribution >= 0.6 is 0 Å². The second-order valence-electron chi connectivity index (χ2n) is 9.14. The Hall–Kier alpha value is -4.26. The minimum atomic E-state index is -0.709. The Balaban J connectivity index is 1.63. The molecule has 3 aromatic carbocycles. The number of benzene rings is 3. The highest BCUT2D eigenvalue weighted by molar-refractivity contribution is 6.10. The fraction of sp³-hybridized carbons (Fsp3) is 0.290. The summed E-state index contributed by atoms with van der Waals surface area (Å²) in [6.07, 6.45) is 3.14. The SMILES string of the molecule is CCCCCOc1ccc(C2c3c(oc4ccccc4c3=O)C(=O)N2c2ccc(OCC)cc2)cc1OC. The molecule has 0 aliphatic carbocycles. The standard InChI is InChI=1S/C31H31NO6/c1-4-6-9-18-37-25-17-12-20(19-26(25)35-3)28-27-29(33)23-10-7-8-11-24(23)38-30(27)31(34)32(28)21-13-15-22(16-14-21)36-5-2/h7-8,10-17,19,28H,4-6,9,18H2,1-3H3. The average Bonchev–Trinajstić information content (AvgIpc) is 3.24. The van der Waals surface area contributed by atoms with E-state index in [2.05, 4.69) is 6.92 Å². The molecule has 7 nitrogen and oxygen atoms in total. The summed E-state index contributed by atoms with van der Waals surface area (Å²) in [5.41, 5.74) is 1.79. The molecule has 0 spiro atoms. The highest BCUT2D eigenvalue weighted by Gasteiger charge is 2.44. The number of hydrogen-bond acceptors (Lipinski definition) is 6. The van der Waals surface area contributed by atoms with Crippen LogP contribution in [-0.4, -0.2) is 26.2 Å². The Morgan fingerprint density at radius 3 is 2.42 bits per heavy atom. The van der Waals surface area contributed by atoms with Crippen LogP contribution in [0.25, 0.3) is 11.0 Å². The van der Waals surface area contributed by atoms with Crippen LogP contribution < -0.4 is 24.5 Å².